The molecule has 1 aromatic heterocycles. The van der Waals surface area contributed by atoms with E-state index in [-0.39, 0.29) is 5.91 Å². The van der Waals surface area contributed by atoms with Crippen LogP contribution in [0.2, 0.25) is 0 Å². The summed E-state index contributed by atoms with van der Waals surface area (Å²) >= 11 is 0. The van der Waals surface area contributed by atoms with Crippen LogP contribution in [0.15, 0.2) is 54.7 Å². The van der Waals surface area contributed by atoms with Gasteiger partial charge in [-0.2, -0.15) is 0 Å². The van der Waals surface area contributed by atoms with Gasteiger partial charge in [0, 0.05) is 49.0 Å². The maximum absolute atomic E-state index is 13.0. The number of carbonyl (C=O) groups excluding carboxylic acids is 1. The molecule has 0 unspecified atom stereocenters. The third-order valence-electron chi connectivity index (χ3n) is 4.81. The highest BCUT2D eigenvalue weighted by molar-refractivity contribution is 6.07. The Morgan fingerprint density at radius 3 is 2.52 bits per heavy atom. The van der Waals surface area contributed by atoms with Crippen molar-refractivity contribution >= 4 is 22.5 Å². The summed E-state index contributed by atoms with van der Waals surface area (Å²) < 4.78 is 5.29. The molecular weight excluding hydrogens is 314 g/mol. The number of nitrogens with zero attached hydrogens (tertiary/aromatic N) is 2. The molecule has 0 bridgehead atoms. The standard InChI is InChI=1S/C20H21N3O2/c1-25-16-7-8-19-17(13-16)18(14-21-19)20(24)23-11-9-22(10-12-23)15-5-3-2-4-6-15/h2-8,13-14,21H,9-12H2,1H3. The summed E-state index contributed by atoms with van der Waals surface area (Å²) in [7, 11) is 1.64. The Hall–Kier alpha value is -2.95. The third-order valence-corrected chi connectivity index (χ3v) is 4.81. The monoisotopic (exact) mass is 335 g/mol. The maximum Gasteiger partial charge on any atom is 0.256 e. The number of hydrogen-bond donors (Lipinski definition) is 1. The van der Waals surface area contributed by atoms with E-state index in [0.29, 0.717) is 5.56 Å². The van der Waals surface area contributed by atoms with Crippen LogP contribution in [0, 0.1) is 0 Å². The minimum absolute atomic E-state index is 0.0761. The average Bonchev–Trinajstić information content (AvgIpc) is 3.11. The molecule has 1 aliphatic rings. The molecule has 0 radical (unpaired) electrons. The molecule has 25 heavy (non-hydrogen) atoms. The number of anilines is 1. The highest BCUT2D eigenvalue weighted by Gasteiger charge is 2.24. The predicted molar refractivity (Wildman–Crippen MR) is 99.4 cm³/mol. The van der Waals surface area contributed by atoms with Gasteiger partial charge in [0.15, 0.2) is 0 Å². The van der Waals surface area contributed by atoms with Gasteiger partial charge in [0.2, 0.25) is 0 Å². The fourth-order valence-corrected chi connectivity index (χ4v) is 3.38. The van der Waals surface area contributed by atoms with Crippen LogP contribution >= 0.6 is 0 Å². The molecule has 0 atom stereocenters. The van der Waals surface area contributed by atoms with Crippen LogP contribution in [0.5, 0.6) is 5.75 Å². The Morgan fingerprint density at radius 2 is 1.80 bits per heavy atom. The number of H-pyrrole nitrogens is 1. The van der Waals surface area contributed by atoms with E-state index in [1.54, 1.807) is 13.3 Å². The van der Waals surface area contributed by atoms with Crippen LogP contribution in [-0.2, 0) is 0 Å². The fraction of sp³-hybridized carbons (Fsp3) is 0.250. The van der Waals surface area contributed by atoms with Gasteiger partial charge in [-0.05, 0) is 30.3 Å². The molecule has 2 heterocycles. The number of nitrogens with one attached hydrogen (secondary N) is 1. The molecule has 1 saturated heterocycles. The predicted octanol–water partition coefficient (Wildman–Crippen LogP) is 3.14. The molecule has 1 fully saturated rings. The summed E-state index contributed by atoms with van der Waals surface area (Å²) in [5, 5.41) is 0.912. The zero-order chi connectivity index (χ0) is 17.2. The van der Waals surface area contributed by atoms with Crippen LogP contribution in [-0.4, -0.2) is 49.1 Å². The number of para-hydroxylation sites is 1. The van der Waals surface area contributed by atoms with Crippen molar-refractivity contribution in [1.82, 2.24) is 9.88 Å². The Morgan fingerprint density at radius 1 is 1.04 bits per heavy atom. The molecule has 128 valence electrons. The molecule has 0 saturated carbocycles. The van der Waals surface area contributed by atoms with E-state index in [1.807, 2.05) is 41.3 Å². The fourth-order valence-electron chi connectivity index (χ4n) is 3.38. The summed E-state index contributed by atoms with van der Waals surface area (Å²) in [6.07, 6.45) is 1.80. The molecule has 1 aliphatic heterocycles. The minimum Gasteiger partial charge on any atom is -0.497 e. The number of piperazine rings is 1. The maximum atomic E-state index is 13.0. The molecule has 2 aromatic carbocycles. The van der Waals surface area contributed by atoms with E-state index in [9.17, 15) is 4.79 Å². The second kappa shape index (κ2) is 6.51. The Bertz CT molecular complexity index is 880. The van der Waals surface area contributed by atoms with Gasteiger partial charge in [-0.25, -0.2) is 0 Å². The summed E-state index contributed by atoms with van der Waals surface area (Å²) in [4.78, 5) is 20.4. The number of methoxy groups -OCH3 is 1. The highest BCUT2D eigenvalue weighted by atomic mass is 16.5. The lowest BCUT2D eigenvalue weighted by Gasteiger charge is -2.36. The molecule has 5 heteroatoms. The Kier molecular flexibility index (Phi) is 4.06. The van der Waals surface area contributed by atoms with E-state index < -0.39 is 0 Å². The summed E-state index contributed by atoms with van der Waals surface area (Å²) in [5.41, 5.74) is 2.88. The van der Waals surface area contributed by atoms with Gasteiger partial charge in [-0.3, -0.25) is 4.79 Å². The normalized spacial score (nSPS) is 14.8. The van der Waals surface area contributed by atoms with Gasteiger partial charge < -0.3 is 19.5 Å². The molecule has 0 spiro atoms. The SMILES string of the molecule is COc1ccc2[nH]cc(C(=O)N3CCN(c4ccccc4)CC3)c2c1. The molecular formula is C20H21N3O2. The molecule has 0 aliphatic carbocycles. The zero-order valence-corrected chi connectivity index (χ0v) is 14.2. The lowest BCUT2D eigenvalue weighted by Crippen LogP contribution is -2.48. The first-order valence-corrected chi connectivity index (χ1v) is 8.50. The first-order valence-electron chi connectivity index (χ1n) is 8.50. The highest BCUT2D eigenvalue weighted by Crippen LogP contribution is 2.25. The second-order valence-electron chi connectivity index (χ2n) is 6.23. The number of hydrogen-bond acceptors (Lipinski definition) is 3. The lowest BCUT2D eigenvalue weighted by atomic mass is 10.1. The number of rotatable bonds is 3. The molecule has 4 rings (SSSR count). The number of fused-ring (bicyclic) bond motifs is 1. The number of aromatic nitrogens is 1. The van der Waals surface area contributed by atoms with E-state index in [1.165, 1.54) is 5.69 Å². The third kappa shape index (κ3) is 2.93. The van der Waals surface area contributed by atoms with Crippen LogP contribution in [0.3, 0.4) is 0 Å². The number of amides is 1. The number of carbonyl (C=O) groups is 1. The van der Waals surface area contributed by atoms with Crippen molar-refractivity contribution in [2.45, 2.75) is 0 Å². The number of ether oxygens (including phenoxy) is 1. The quantitative estimate of drug-likeness (QED) is 0.800. The van der Waals surface area contributed by atoms with E-state index in [0.717, 1.165) is 42.8 Å². The largest absolute Gasteiger partial charge is 0.497 e. The zero-order valence-electron chi connectivity index (χ0n) is 14.2. The molecule has 1 N–H and O–H groups in total. The van der Waals surface area contributed by atoms with Crippen LogP contribution in [0.4, 0.5) is 5.69 Å². The second-order valence-corrected chi connectivity index (χ2v) is 6.23. The lowest BCUT2D eigenvalue weighted by molar-refractivity contribution is 0.0749. The van der Waals surface area contributed by atoms with E-state index in [4.69, 9.17) is 4.74 Å². The summed E-state index contributed by atoms with van der Waals surface area (Å²) in [5.74, 6) is 0.835. The van der Waals surface area contributed by atoms with Crippen LogP contribution in [0.1, 0.15) is 10.4 Å². The molecule has 3 aromatic rings. The number of benzene rings is 2. The first kappa shape index (κ1) is 15.6. The van der Waals surface area contributed by atoms with Gasteiger partial charge >= 0.3 is 0 Å². The van der Waals surface area contributed by atoms with E-state index >= 15 is 0 Å². The van der Waals surface area contributed by atoms with Crippen molar-refractivity contribution in [3.05, 3.63) is 60.3 Å². The van der Waals surface area contributed by atoms with E-state index in [2.05, 4.69) is 22.0 Å². The molecule has 1 amide bonds. The van der Waals surface area contributed by atoms with Crippen LogP contribution < -0.4 is 9.64 Å². The van der Waals surface area contributed by atoms with Crippen molar-refractivity contribution in [1.29, 1.82) is 0 Å². The van der Waals surface area contributed by atoms with Crippen molar-refractivity contribution in [3.63, 3.8) is 0 Å². The van der Waals surface area contributed by atoms with Crippen LogP contribution in [0.25, 0.3) is 10.9 Å². The van der Waals surface area contributed by atoms with Gasteiger partial charge in [0.25, 0.3) is 5.91 Å². The summed E-state index contributed by atoms with van der Waals surface area (Å²) in [6.45, 7) is 3.15. The topological polar surface area (TPSA) is 48.6 Å². The minimum atomic E-state index is 0.0761. The van der Waals surface area contributed by atoms with Gasteiger partial charge in [0.1, 0.15) is 5.75 Å². The first-order chi connectivity index (χ1) is 12.3. The molecule has 5 nitrogen and oxygen atoms in total. The Labute approximate surface area is 146 Å². The smallest absolute Gasteiger partial charge is 0.256 e. The summed E-state index contributed by atoms with van der Waals surface area (Å²) in [6, 6.07) is 16.1. The average molecular weight is 335 g/mol. The van der Waals surface area contributed by atoms with Crippen molar-refractivity contribution in [2.75, 3.05) is 38.2 Å². The van der Waals surface area contributed by atoms with Gasteiger partial charge in [-0.1, -0.05) is 18.2 Å². The Balaban J connectivity index is 1.51. The van der Waals surface area contributed by atoms with Crippen molar-refractivity contribution in [3.8, 4) is 5.75 Å². The van der Waals surface area contributed by atoms with Gasteiger partial charge in [0.05, 0.1) is 12.7 Å². The van der Waals surface area contributed by atoms with Gasteiger partial charge in [-0.15, -0.1) is 0 Å². The van der Waals surface area contributed by atoms with Crippen molar-refractivity contribution in [2.24, 2.45) is 0 Å². The van der Waals surface area contributed by atoms with Crippen molar-refractivity contribution < 1.29 is 9.53 Å². The number of aromatic amines is 1.